The summed E-state index contributed by atoms with van der Waals surface area (Å²) in [6.07, 6.45) is 0.831. The van der Waals surface area contributed by atoms with Crippen LogP contribution >= 0.6 is 15.9 Å². The Labute approximate surface area is 104 Å². The summed E-state index contributed by atoms with van der Waals surface area (Å²) < 4.78 is 11.6. The van der Waals surface area contributed by atoms with E-state index in [1.54, 1.807) is 13.2 Å². The monoisotopic (exact) mass is 286 g/mol. The van der Waals surface area contributed by atoms with E-state index in [0.29, 0.717) is 17.1 Å². The molecule has 0 atom stereocenters. The standard InChI is InChI=1S/C12H15BrO3/c1-7(2)16-10-5-9(6-14)11(13)8(3)12(10)15-4/h5-7H,1-4H3. The summed E-state index contributed by atoms with van der Waals surface area (Å²) in [5, 5.41) is 0. The van der Waals surface area contributed by atoms with Crippen LogP contribution in [0.2, 0.25) is 0 Å². The average Bonchev–Trinajstić information content (AvgIpc) is 2.23. The highest BCUT2D eigenvalue weighted by atomic mass is 79.9. The van der Waals surface area contributed by atoms with Crippen molar-refractivity contribution in [1.82, 2.24) is 0 Å². The van der Waals surface area contributed by atoms with Crippen LogP contribution in [0, 0.1) is 6.92 Å². The number of carbonyl (C=O) groups excluding carboxylic acids is 1. The number of hydrogen-bond donors (Lipinski definition) is 0. The number of halogens is 1. The second-order valence-electron chi connectivity index (χ2n) is 3.72. The Balaban J connectivity index is 3.34. The number of carbonyl (C=O) groups is 1. The zero-order chi connectivity index (χ0) is 12.3. The average molecular weight is 287 g/mol. The van der Waals surface area contributed by atoms with Gasteiger partial charge in [0, 0.05) is 15.6 Å². The first-order valence-electron chi connectivity index (χ1n) is 5.00. The van der Waals surface area contributed by atoms with Crippen molar-refractivity contribution in [3.05, 3.63) is 21.7 Å². The van der Waals surface area contributed by atoms with E-state index >= 15 is 0 Å². The van der Waals surface area contributed by atoms with E-state index in [0.717, 1.165) is 16.3 Å². The highest BCUT2D eigenvalue weighted by Gasteiger charge is 2.15. The highest BCUT2D eigenvalue weighted by Crippen LogP contribution is 2.38. The van der Waals surface area contributed by atoms with Gasteiger partial charge in [0.05, 0.1) is 13.2 Å². The molecule has 1 aromatic carbocycles. The molecule has 0 heterocycles. The lowest BCUT2D eigenvalue weighted by Gasteiger charge is -2.17. The van der Waals surface area contributed by atoms with Gasteiger partial charge < -0.3 is 9.47 Å². The molecule has 0 aliphatic heterocycles. The van der Waals surface area contributed by atoms with E-state index in [1.807, 2.05) is 20.8 Å². The zero-order valence-corrected chi connectivity index (χ0v) is 11.4. The maximum atomic E-state index is 10.9. The van der Waals surface area contributed by atoms with E-state index in [9.17, 15) is 4.79 Å². The molecular weight excluding hydrogens is 272 g/mol. The van der Waals surface area contributed by atoms with Crippen LogP contribution < -0.4 is 9.47 Å². The predicted molar refractivity (Wildman–Crippen MR) is 66.6 cm³/mol. The number of ether oxygens (including phenoxy) is 2. The van der Waals surface area contributed by atoms with Gasteiger partial charge in [-0.3, -0.25) is 4.79 Å². The van der Waals surface area contributed by atoms with Crippen LogP contribution in [0.15, 0.2) is 10.5 Å². The third kappa shape index (κ3) is 2.55. The van der Waals surface area contributed by atoms with Gasteiger partial charge in [-0.1, -0.05) is 0 Å². The molecule has 0 saturated heterocycles. The van der Waals surface area contributed by atoms with Gasteiger partial charge in [0.1, 0.15) is 0 Å². The number of hydrogen-bond acceptors (Lipinski definition) is 3. The SMILES string of the molecule is COc1c(OC(C)C)cc(C=O)c(Br)c1C. The Bertz CT molecular complexity index is 400. The molecule has 1 aromatic rings. The molecule has 0 bridgehead atoms. The molecule has 88 valence electrons. The van der Waals surface area contributed by atoms with Gasteiger partial charge in [0.25, 0.3) is 0 Å². The second kappa shape index (κ2) is 5.34. The molecule has 1 rings (SSSR count). The summed E-state index contributed by atoms with van der Waals surface area (Å²) in [4.78, 5) is 10.9. The fraction of sp³-hybridized carbons (Fsp3) is 0.417. The van der Waals surface area contributed by atoms with Crippen molar-refractivity contribution in [2.24, 2.45) is 0 Å². The quantitative estimate of drug-likeness (QED) is 0.796. The Morgan fingerprint density at radius 3 is 2.50 bits per heavy atom. The summed E-state index contributed by atoms with van der Waals surface area (Å²) in [6, 6.07) is 1.68. The van der Waals surface area contributed by atoms with Crippen molar-refractivity contribution < 1.29 is 14.3 Å². The minimum Gasteiger partial charge on any atom is -0.493 e. The number of aldehydes is 1. The van der Waals surface area contributed by atoms with E-state index in [2.05, 4.69) is 15.9 Å². The minimum absolute atomic E-state index is 0.0361. The number of rotatable bonds is 4. The Morgan fingerprint density at radius 2 is 2.06 bits per heavy atom. The van der Waals surface area contributed by atoms with Crippen LogP contribution in [0.25, 0.3) is 0 Å². The van der Waals surface area contributed by atoms with E-state index in [-0.39, 0.29) is 6.10 Å². The first-order valence-corrected chi connectivity index (χ1v) is 5.79. The molecule has 0 fully saturated rings. The van der Waals surface area contributed by atoms with Gasteiger partial charge >= 0.3 is 0 Å². The first kappa shape index (κ1) is 13.0. The molecule has 16 heavy (non-hydrogen) atoms. The molecule has 3 nitrogen and oxygen atoms in total. The van der Waals surface area contributed by atoms with Crippen molar-refractivity contribution in [2.75, 3.05) is 7.11 Å². The zero-order valence-electron chi connectivity index (χ0n) is 9.83. The Morgan fingerprint density at radius 1 is 1.44 bits per heavy atom. The molecule has 0 unspecified atom stereocenters. The smallest absolute Gasteiger partial charge is 0.164 e. The summed E-state index contributed by atoms with van der Waals surface area (Å²) >= 11 is 3.37. The highest BCUT2D eigenvalue weighted by molar-refractivity contribution is 9.10. The van der Waals surface area contributed by atoms with Gasteiger partial charge in [-0.05, 0) is 42.8 Å². The predicted octanol–water partition coefficient (Wildman–Crippen LogP) is 3.37. The van der Waals surface area contributed by atoms with Crippen molar-refractivity contribution in [3.8, 4) is 11.5 Å². The third-order valence-electron chi connectivity index (χ3n) is 2.13. The molecule has 0 aromatic heterocycles. The van der Waals surface area contributed by atoms with Crippen molar-refractivity contribution in [2.45, 2.75) is 26.9 Å². The van der Waals surface area contributed by atoms with Crippen LogP contribution in [-0.2, 0) is 0 Å². The molecule has 0 spiro atoms. The number of benzene rings is 1. The lowest BCUT2D eigenvalue weighted by atomic mass is 10.1. The van der Waals surface area contributed by atoms with Crippen LogP contribution in [0.4, 0.5) is 0 Å². The molecule has 0 aliphatic carbocycles. The molecule has 0 amide bonds. The number of methoxy groups -OCH3 is 1. The lowest BCUT2D eigenvalue weighted by molar-refractivity contribution is 0.112. The van der Waals surface area contributed by atoms with Crippen LogP contribution in [-0.4, -0.2) is 19.5 Å². The second-order valence-corrected chi connectivity index (χ2v) is 4.51. The van der Waals surface area contributed by atoms with E-state index in [4.69, 9.17) is 9.47 Å². The maximum Gasteiger partial charge on any atom is 0.164 e. The first-order chi connectivity index (χ1) is 7.51. The van der Waals surface area contributed by atoms with Crippen LogP contribution in [0.3, 0.4) is 0 Å². The fourth-order valence-electron chi connectivity index (χ4n) is 1.45. The summed E-state index contributed by atoms with van der Waals surface area (Å²) in [5.41, 5.74) is 1.43. The molecule has 0 radical (unpaired) electrons. The molecule has 4 heteroatoms. The Kier molecular flexibility index (Phi) is 4.35. The van der Waals surface area contributed by atoms with E-state index in [1.165, 1.54) is 0 Å². The van der Waals surface area contributed by atoms with Gasteiger partial charge in [-0.25, -0.2) is 0 Å². The minimum atomic E-state index is 0.0361. The van der Waals surface area contributed by atoms with Crippen molar-refractivity contribution >= 4 is 22.2 Å². The third-order valence-corrected chi connectivity index (χ3v) is 3.18. The fourth-order valence-corrected chi connectivity index (χ4v) is 1.84. The molecule has 0 aliphatic rings. The molecular formula is C12H15BrO3. The summed E-state index contributed by atoms with van der Waals surface area (Å²) in [7, 11) is 1.59. The van der Waals surface area contributed by atoms with Gasteiger partial charge in [0.15, 0.2) is 17.8 Å². The largest absolute Gasteiger partial charge is 0.493 e. The van der Waals surface area contributed by atoms with Gasteiger partial charge in [-0.15, -0.1) is 0 Å². The molecule has 0 N–H and O–H groups in total. The topological polar surface area (TPSA) is 35.5 Å². The lowest BCUT2D eigenvalue weighted by Crippen LogP contribution is -2.08. The van der Waals surface area contributed by atoms with Gasteiger partial charge in [-0.2, -0.15) is 0 Å². The molecule has 0 saturated carbocycles. The van der Waals surface area contributed by atoms with E-state index < -0.39 is 0 Å². The maximum absolute atomic E-state index is 10.9. The Hall–Kier alpha value is -1.03. The van der Waals surface area contributed by atoms with Crippen LogP contribution in [0.5, 0.6) is 11.5 Å². The normalized spacial score (nSPS) is 10.4. The summed E-state index contributed by atoms with van der Waals surface area (Å²) in [5.74, 6) is 1.26. The van der Waals surface area contributed by atoms with Crippen molar-refractivity contribution in [1.29, 1.82) is 0 Å². The van der Waals surface area contributed by atoms with Crippen molar-refractivity contribution in [3.63, 3.8) is 0 Å². The van der Waals surface area contributed by atoms with Gasteiger partial charge in [0.2, 0.25) is 0 Å². The summed E-state index contributed by atoms with van der Waals surface area (Å²) in [6.45, 7) is 5.73. The van der Waals surface area contributed by atoms with Crippen LogP contribution in [0.1, 0.15) is 29.8 Å².